The first kappa shape index (κ1) is 28.7. The molecule has 0 spiro atoms. The Kier molecular flexibility index (Phi) is 7.06. The summed E-state index contributed by atoms with van der Waals surface area (Å²) in [6, 6.07) is 8.86. The molecule has 0 radical (unpaired) electrons. The molecule has 7 rings (SSSR count). The number of nitrogens with zero attached hydrogens (tertiary/aromatic N) is 4. The van der Waals surface area contributed by atoms with E-state index in [0.717, 1.165) is 19.4 Å². The van der Waals surface area contributed by atoms with Crippen molar-refractivity contribution < 1.29 is 27.8 Å². The summed E-state index contributed by atoms with van der Waals surface area (Å²) in [5, 5.41) is 11.8. The minimum absolute atomic E-state index is 0.00462. The van der Waals surface area contributed by atoms with E-state index in [4.69, 9.17) is 20.9 Å². The maximum absolute atomic E-state index is 16.8. The first-order chi connectivity index (χ1) is 21.2. The van der Waals surface area contributed by atoms with Crippen LogP contribution in [-0.2, 0) is 4.74 Å². The number of benzene rings is 3. The Labute approximate surface area is 253 Å². The fraction of sp³-hybridized carbons (Fsp3) is 0.412. The van der Waals surface area contributed by atoms with Crippen LogP contribution in [0.2, 0.25) is 0 Å². The highest BCUT2D eigenvalue weighted by molar-refractivity contribution is 6.04. The number of anilines is 1. The van der Waals surface area contributed by atoms with Gasteiger partial charge in [0.25, 0.3) is 0 Å². The molecule has 3 aliphatic heterocycles. The third-order valence-corrected chi connectivity index (χ3v) is 9.20. The molecule has 0 bridgehead atoms. The predicted molar refractivity (Wildman–Crippen MR) is 163 cm³/mol. The van der Waals surface area contributed by atoms with Crippen molar-refractivity contribution in [3.05, 3.63) is 53.6 Å². The van der Waals surface area contributed by atoms with Gasteiger partial charge in [0.1, 0.15) is 35.7 Å². The van der Waals surface area contributed by atoms with Crippen molar-refractivity contribution in [2.45, 2.75) is 57.0 Å². The summed E-state index contributed by atoms with van der Waals surface area (Å²) in [5.74, 6) is 1.47. The summed E-state index contributed by atoms with van der Waals surface area (Å²) in [4.78, 5) is 13.5. The summed E-state index contributed by atoms with van der Waals surface area (Å²) in [5.41, 5.74) is -0.111. The Hall–Kier alpha value is -4.07. The smallest absolute Gasteiger partial charge is 0.319 e. The molecule has 10 heteroatoms. The fourth-order valence-corrected chi connectivity index (χ4v) is 7.42. The van der Waals surface area contributed by atoms with Gasteiger partial charge in [-0.3, -0.25) is 4.90 Å². The molecule has 0 amide bonds. The number of morpholine rings is 1. The Morgan fingerprint density at radius 2 is 1.89 bits per heavy atom. The second kappa shape index (κ2) is 10.8. The largest absolute Gasteiger partial charge is 0.508 e. The number of halogens is 3. The predicted octanol–water partition coefficient (Wildman–Crippen LogP) is 5.98. The summed E-state index contributed by atoms with van der Waals surface area (Å²) in [6.07, 6.45) is 6.74. The fourth-order valence-electron chi connectivity index (χ4n) is 7.42. The Bertz CT molecular complexity index is 1820. The zero-order valence-electron chi connectivity index (χ0n) is 24.6. The number of terminal acetylenes is 1. The highest BCUT2D eigenvalue weighted by Gasteiger charge is 2.49. The van der Waals surface area contributed by atoms with Crippen LogP contribution >= 0.6 is 0 Å². The molecule has 228 valence electrons. The second-order valence-corrected chi connectivity index (χ2v) is 12.3. The topological polar surface area (TPSA) is 71.0 Å². The van der Waals surface area contributed by atoms with Gasteiger partial charge in [-0.1, -0.05) is 18.1 Å². The first-order valence-electron chi connectivity index (χ1n) is 15.0. The van der Waals surface area contributed by atoms with E-state index in [1.165, 1.54) is 24.3 Å². The van der Waals surface area contributed by atoms with Crippen LogP contribution < -0.4 is 9.64 Å². The van der Waals surface area contributed by atoms with Crippen molar-refractivity contribution in [2.24, 2.45) is 0 Å². The van der Waals surface area contributed by atoms with Gasteiger partial charge in [-0.2, -0.15) is 9.97 Å². The van der Waals surface area contributed by atoms with Crippen LogP contribution in [0.3, 0.4) is 0 Å². The molecule has 4 heterocycles. The molecule has 4 atom stereocenters. The molecule has 44 heavy (non-hydrogen) atoms. The SMILES string of the molecule is C#Cc1c(F)ccc2cc(O)cc(-c3ccc4c(N5C[C@@H](C)O[C@@H](C)C5)nc(OC[C@@]56CCCN5C[C@H](F)C6)nc4c3F)c12. The lowest BCUT2D eigenvalue weighted by Crippen LogP contribution is -2.46. The van der Waals surface area contributed by atoms with E-state index in [0.29, 0.717) is 48.0 Å². The van der Waals surface area contributed by atoms with E-state index in [1.807, 2.05) is 18.7 Å². The number of aromatic nitrogens is 2. The molecule has 3 saturated heterocycles. The zero-order valence-corrected chi connectivity index (χ0v) is 24.6. The van der Waals surface area contributed by atoms with Gasteiger partial charge in [0.2, 0.25) is 0 Å². The number of hydrogen-bond donors (Lipinski definition) is 1. The molecule has 1 N–H and O–H groups in total. The van der Waals surface area contributed by atoms with Gasteiger partial charge >= 0.3 is 6.01 Å². The van der Waals surface area contributed by atoms with E-state index in [2.05, 4.69) is 15.8 Å². The highest BCUT2D eigenvalue weighted by Crippen LogP contribution is 2.42. The minimum atomic E-state index is -0.918. The van der Waals surface area contributed by atoms with Gasteiger partial charge in [-0.05, 0) is 68.4 Å². The minimum Gasteiger partial charge on any atom is -0.508 e. The molecular formula is C34H33F3N4O3. The number of hydrogen-bond acceptors (Lipinski definition) is 7. The second-order valence-electron chi connectivity index (χ2n) is 12.3. The van der Waals surface area contributed by atoms with Crippen LogP contribution in [0.25, 0.3) is 32.8 Å². The molecule has 3 aromatic carbocycles. The summed E-state index contributed by atoms with van der Waals surface area (Å²) in [7, 11) is 0. The van der Waals surface area contributed by atoms with Gasteiger partial charge in [-0.15, -0.1) is 6.42 Å². The van der Waals surface area contributed by atoms with Crippen molar-refractivity contribution in [1.82, 2.24) is 14.9 Å². The van der Waals surface area contributed by atoms with Crippen molar-refractivity contribution in [2.75, 3.05) is 37.7 Å². The quantitative estimate of drug-likeness (QED) is 0.282. The van der Waals surface area contributed by atoms with Crippen LogP contribution in [0, 0.1) is 24.0 Å². The van der Waals surface area contributed by atoms with Gasteiger partial charge in [-0.25, -0.2) is 13.2 Å². The first-order valence-corrected chi connectivity index (χ1v) is 15.0. The maximum atomic E-state index is 16.8. The lowest BCUT2D eigenvalue weighted by Gasteiger charge is -2.36. The third-order valence-electron chi connectivity index (χ3n) is 9.20. The van der Waals surface area contributed by atoms with Gasteiger partial charge in [0, 0.05) is 42.4 Å². The number of ether oxygens (including phenoxy) is 2. The number of alkyl halides is 1. The lowest BCUT2D eigenvalue weighted by atomic mass is 9.93. The average molecular weight is 603 g/mol. The van der Waals surface area contributed by atoms with E-state index in [1.54, 1.807) is 12.1 Å². The van der Waals surface area contributed by atoms with Crippen LogP contribution in [0.4, 0.5) is 19.0 Å². The van der Waals surface area contributed by atoms with Crippen molar-refractivity contribution >= 4 is 27.5 Å². The molecular weight excluding hydrogens is 569 g/mol. The van der Waals surface area contributed by atoms with Crippen molar-refractivity contribution in [3.8, 4) is 35.2 Å². The Morgan fingerprint density at radius 1 is 1.09 bits per heavy atom. The van der Waals surface area contributed by atoms with Gasteiger partial charge in [0.05, 0.1) is 23.3 Å². The monoisotopic (exact) mass is 602 g/mol. The summed E-state index contributed by atoms with van der Waals surface area (Å²) in [6.45, 7) is 6.39. The van der Waals surface area contributed by atoms with Gasteiger partial charge in [0.15, 0.2) is 5.82 Å². The third kappa shape index (κ3) is 4.79. The van der Waals surface area contributed by atoms with Crippen molar-refractivity contribution in [1.29, 1.82) is 0 Å². The van der Waals surface area contributed by atoms with E-state index < -0.39 is 23.3 Å². The molecule has 0 aliphatic carbocycles. The standard InChI is InChI=1S/C34H33F3N4O3/c1-4-24-28(36)9-6-21-12-23(42)13-27(29(21)24)25-7-8-26-31(30(25)37)38-33(39-32(26)40-15-19(2)44-20(3)16-40)43-18-34-10-5-11-41(34)17-22(35)14-34/h1,6-9,12-13,19-20,22,42H,5,10-11,14-18H2,2-3H3/t19-,20+,22-,34+/m1/s1. The summed E-state index contributed by atoms with van der Waals surface area (Å²) < 4.78 is 58.1. The van der Waals surface area contributed by atoms with E-state index in [-0.39, 0.29) is 52.8 Å². The van der Waals surface area contributed by atoms with Crippen LogP contribution in [0.5, 0.6) is 11.8 Å². The number of fused-ring (bicyclic) bond motifs is 3. The van der Waals surface area contributed by atoms with E-state index >= 15 is 4.39 Å². The maximum Gasteiger partial charge on any atom is 0.319 e. The number of phenolic OH excluding ortho intramolecular Hbond substituents is 1. The molecule has 7 nitrogen and oxygen atoms in total. The van der Waals surface area contributed by atoms with Crippen LogP contribution in [0.1, 0.15) is 38.7 Å². The van der Waals surface area contributed by atoms with Gasteiger partial charge < -0.3 is 19.5 Å². The summed E-state index contributed by atoms with van der Waals surface area (Å²) >= 11 is 0. The molecule has 3 fully saturated rings. The number of aromatic hydroxyl groups is 1. The molecule has 0 unspecified atom stereocenters. The van der Waals surface area contributed by atoms with E-state index in [9.17, 15) is 13.9 Å². The lowest BCUT2D eigenvalue weighted by molar-refractivity contribution is -0.00542. The molecule has 3 aliphatic rings. The Balaban J connectivity index is 1.39. The average Bonchev–Trinajstić information content (AvgIpc) is 3.51. The Morgan fingerprint density at radius 3 is 2.66 bits per heavy atom. The van der Waals surface area contributed by atoms with Crippen LogP contribution in [-0.4, -0.2) is 76.7 Å². The highest BCUT2D eigenvalue weighted by atomic mass is 19.1. The zero-order chi connectivity index (χ0) is 30.7. The number of rotatable bonds is 5. The normalized spacial score (nSPS) is 25.5. The number of phenols is 1. The molecule has 1 aromatic heterocycles. The molecule has 0 saturated carbocycles. The van der Waals surface area contributed by atoms with Crippen LogP contribution in [0.15, 0.2) is 36.4 Å². The molecule has 4 aromatic rings. The van der Waals surface area contributed by atoms with Crippen molar-refractivity contribution in [3.63, 3.8) is 0 Å².